The number of hydrogen-bond acceptors (Lipinski definition) is 1. The van der Waals surface area contributed by atoms with E-state index in [0.29, 0.717) is 5.56 Å². The minimum atomic E-state index is -1.37. The molecule has 0 heterocycles. The van der Waals surface area contributed by atoms with Crippen LogP contribution in [0.4, 0.5) is 8.78 Å². The molecule has 1 N–H and O–H groups in total. The van der Waals surface area contributed by atoms with Gasteiger partial charge in [0.2, 0.25) is 0 Å². The van der Waals surface area contributed by atoms with Gasteiger partial charge in [0.1, 0.15) is 12.0 Å². The summed E-state index contributed by atoms with van der Waals surface area (Å²) in [6, 6.07) is 5.98. The maximum atomic E-state index is 12.8. The van der Waals surface area contributed by atoms with Gasteiger partial charge >= 0.3 is 0 Å². The number of halogens is 2. The van der Waals surface area contributed by atoms with Crippen LogP contribution in [0.3, 0.4) is 0 Å². The van der Waals surface area contributed by atoms with Crippen LogP contribution in [0.5, 0.6) is 0 Å². The van der Waals surface area contributed by atoms with E-state index in [2.05, 4.69) is 0 Å². The molecule has 1 aromatic rings. The van der Waals surface area contributed by atoms with Crippen LogP contribution in [0.1, 0.15) is 5.56 Å². The molecule has 0 bridgehead atoms. The zero-order valence-corrected chi connectivity index (χ0v) is 6.50. The average molecular weight is 172 g/mol. The lowest BCUT2D eigenvalue weighted by Gasteiger charge is -2.04. The molecular weight excluding hydrogens is 162 g/mol. The van der Waals surface area contributed by atoms with Crippen molar-refractivity contribution in [2.24, 2.45) is 0 Å². The molecule has 0 aliphatic carbocycles. The van der Waals surface area contributed by atoms with Gasteiger partial charge in [-0.15, -0.1) is 0 Å². The maximum Gasteiger partial charge on any atom is 0.127 e. The third-order valence-electron chi connectivity index (χ3n) is 1.60. The van der Waals surface area contributed by atoms with E-state index in [4.69, 9.17) is 5.11 Å². The zero-order chi connectivity index (χ0) is 8.97. The van der Waals surface area contributed by atoms with Gasteiger partial charge in [-0.2, -0.15) is 0 Å². The number of aliphatic hydroxyl groups is 1. The van der Waals surface area contributed by atoms with Crippen molar-refractivity contribution in [3.05, 3.63) is 35.6 Å². The first-order chi connectivity index (χ1) is 5.74. The van der Waals surface area contributed by atoms with E-state index in [1.807, 2.05) is 0 Å². The summed E-state index contributed by atoms with van der Waals surface area (Å²) in [6.07, 6.45) is -1.44. The molecule has 0 aliphatic heterocycles. The van der Waals surface area contributed by atoms with Crippen molar-refractivity contribution < 1.29 is 13.9 Å². The highest BCUT2D eigenvalue weighted by Gasteiger charge is 2.08. The maximum absolute atomic E-state index is 12.8. The van der Waals surface area contributed by atoms with Gasteiger partial charge < -0.3 is 5.11 Å². The fourth-order valence-corrected chi connectivity index (χ4v) is 0.967. The van der Waals surface area contributed by atoms with Gasteiger partial charge in [-0.05, 0) is 11.6 Å². The Balaban J connectivity index is 2.69. The van der Waals surface area contributed by atoms with E-state index in [0.717, 1.165) is 0 Å². The summed E-state index contributed by atoms with van der Waals surface area (Å²) in [5.74, 6) is -0.423. The van der Waals surface area contributed by atoms with Crippen molar-refractivity contribution in [1.82, 2.24) is 0 Å². The summed E-state index contributed by atoms with van der Waals surface area (Å²) in [4.78, 5) is 0. The molecule has 0 saturated heterocycles. The lowest BCUT2D eigenvalue weighted by atomic mass is 10.1. The van der Waals surface area contributed by atoms with Crippen LogP contribution in [0.2, 0.25) is 0 Å². The molecule has 12 heavy (non-hydrogen) atoms. The van der Waals surface area contributed by atoms with Crippen LogP contribution in [0.25, 0.3) is 0 Å². The smallest absolute Gasteiger partial charge is 0.127 e. The van der Waals surface area contributed by atoms with Crippen LogP contribution in [-0.2, 0) is 6.42 Å². The Morgan fingerprint density at radius 2 is 2.00 bits per heavy atom. The third kappa shape index (κ3) is 2.27. The van der Waals surface area contributed by atoms with E-state index < -0.39 is 18.6 Å². The molecule has 1 rings (SSSR count). The molecule has 3 heteroatoms. The van der Waals surface area contributed by atoms with Gasteiger partial charge in [-0.3, -0.25) is 0 Å². The summed E-state index contributed by atoms with van der Waals surface area (Å²) in [5, 5.41) is 8.39. The molecular formula is C9H10F2O. The predicted molar refractivity (Wildman–Crippen MR) is 42.1 cm³/mol. The van der Waals surface area contributed by atoms with Gasteiger partial charge in [0.05, 0.1) is 6.61 Å². The standard InChI is InChI=1S/C9H10F2O/c10-8(6-12)5-7-3-1-2-4-9(7)11/h1-4,8,12H,5-6H2/t8-/m1/s1. The SMILES string of the molecule is OC[C@H](F)Cc1ccccc1F. The highest BCUT2D eigenvalue weighted by atomic mass is 19.1. The molecule has 0 amide bonds. The van der Waals surface area contributed by atoms with Crippen LogP contribution in [-0.4, -0.2) is 17.9 Å². The highest BCUT2D eigenvalue weighted by Crippen LogP contribution is 2.10. The molecule has 0 fully saturated rings. The number of benzene rings is 1. The Kier molecular flexibility index (Phi) is 3.17. The molecule has 0 aromatic heterocycles. The minimum absolute atomic E-state index is 0.0663. The van der Waals surface area contributed by atoms with Gasteiger partial charge in [0, 0.05) is 6.42 Å². The summed E-state index contributed by atoms with van der Waals surface area (Å²) in [6.45, 7) is -0.561. The minimum Gasteiger partial charge on any atom is -0.393 e. The van der Waals surface area contributed by atoms with Gasteiger partial charge in [-0.25, -0.2) is 8.78 Å². The highest BCUT2D eigenvalue weighted by molar-refractivity contribution is 5.17. The molecule has 0 aliphatic rings. The number of rotatable bonds is 3. The molecule has 0 saturated carbocycles. The van der Waals surface area contributed by atoms with Crippen LogP contribution < -0.4 is 0 Å². The molecule has 1 aromatic carbocycles. The van der Waals surface area contributed by atoms with Crippen LogP contribution >= 0.6 is 0 Å². The molecule has 0 unspecified atom stereocenters. The molecule has 66 valence electrons. The first-order valence-electron chi connectivity index (χ1n) is 3.72. The number of alkyl halides is 1. The first kappa shape index (κ1) is 9.13. The Morgan fingerprint density at radius 1 is 1.33 bits per heavy atom. The second kappa shape index (κ2) is 4.16. The summed E-state index contributed by atoms with van der Waals surface area (Å²) in [5.41, 5.74) is 0.305. The van der Waals surface area contributed by atoms with Crippen molar-refractivity contribution in [2.75, 3.05) is 6.61 Å². The summed E-state index contributed by atoms with van der Waals surface area (Å²) in [7, 11) is 0. The summed E-state index contributed by atoms with van der Waals surface area (Å²) >= 11 is 0. The monoisotopic (exact) mass is 172 g/mol. The number of aliphatic hydroxyl groups excluding tert-OH is 1. The fourth-order valence-electron chi connectivity index (χ4n) is 0.967. The lowest BCUT2D eigenvalue weighted by Crippen LogP contribution is -2.10. The second-order valence-corrected chi connectivity index (χ2v) is 2.58. The van der Waals surface area contributed by atoms with E-state index >= 15 is 0 Å². The zero-order valence-electron chi connectivity index (χ0n) is 6.50. The topological polar surface area (TPSA) is 20.2 Å². The third-order valence-corrected chi connectivity index (χ3v) is 1.60. The quantitative estimate of drug-likeness (QED) is 0.735. The normalized spacial score (nSPS) is 12.9. The van der Waals surface area contributed by atoms with Crippen molar-refractivity contribution in [3.8, 4) is 0 Å². The Morgan fingerprint density at radius 3 is 2.58 bits per heavy atom. The Hall–Kier alpha value is -0.960. The van der Waals surface area contributed by atoms with Crippen molar-refractivity contribution in [3.63, 3.8) is 0 Å². The van der Waals surface area contributed by atoms with E-state index in [1.54, 1.807) is 12.1 Å². The first-order valence-corrected chi connectivity index (χ1v) is 3.72. The molecule has 0 spiro atoms. The van der Waals surface area contributed by atoms with Crippen molar-refractivity contribution in [2.45, 2.75) is 12.6 Å². The Bertz CT molecular complexity index is 250. The van der Waals surface area contributed by atoms with E-state index in [9.17, 15) is 8.78 Å². The van der Waals surface area contributed by atoms with Gasteiger partial charge in [0.25, 0.3) is 0 Å². The van der Waals surface area contributed by atoms with E-state index in [-0.39, 0.29) is 6.42 Å². The second-order valence-electron chi connectivity index (χ2n) is 2.58. The molecule has 1 atom stereocenters. The van der Waals surface area contributed by atoms with Gasteiger partial charge in [0.15, 0.2) is 0 Å². The molecule has 1 nitrogen and oxygen atoms in total. The van der Waals surface area contributed by atoms with Crippen molar-refractivity contribution in [1.29, 1.82) is 0 Å². The Labute approximate surface area is 69.7 Å². The lowest BCUT2D eigenvalue weighted by molar-refractivity contribution is 0.177. The van der Waals surface area contributed by atoms with Crippen molar-refractivity contribution >= 4 is 0 Å². The largest absolute Gasteiger partial charge is 0.393 e. The predicted octanol–water partition coefficient (Wildman–Crippen LogP) is 1.70. The van der Waals surface area contributed by atoms with Gasteiger partial charge in [-0.1, -0.05) is 18.2 Å². The van der Waals surface area contributed by atoms with Crippen LogP contribution in [0, 0.1) is 5.82 Å². The molecule has 0 radical (unpaired) electrons. The number of hydrogen-bond donors (Lipinski definition) is 1. The van der Waals surface area contributed by atoms with E-state index in [1.165, 1.54) is 12.1 Å². The fraction of sp³-hybridized carbons (Fsp3) is 0.333. The van der Waals surface area contributed by atoms with Crippen LogP contribution in [0.15, 0.2) is 24.3 Å². The summed E-state index contributed by atoms with van der Waals surface area (Å²) < 4.78 is 25.4. The average Bonchev–Trinajstić information content (AvgIpc) is 2.09.